The molecule has 0 saturated heterocycles. The Balaban J connectivity index is 2.01. The second-order valence-electron chi connectivity index (χ2n) is 5.24. The third kappa shape index (κ3) is 2.73. The van der Waals surface area contributed by atoms with Crippen molar-refractivity contribution in [3.05, 3.63) is 53.6 Å². The topological polar surface area (TPSA) is 67.6 Å². The fourth-order valence-electron chi connectivity index (χ4n) is 2.49. The number of nitrogens with zero attached hydrogens (tertiary/aromatic N) is 2. The summed E-state index contributed by atoms with van der Waals surface area (Å²) in [7, 11) is 0. The minimum atomic E-state index is -0.442. The number of halogens is 1. The van der Waals surface area contributed by atoms with Crippen LogP contribution in [0.3, 0.4) is 0 Å². The molecule has 0 spiro atoms. The van der Waals surface area contributed by atoms with E-state index < -0.39 is 6.17 Å². The van der Waals surface area contributed by atoms with Crippen LogP contribution in [-0.4, -0.2) is 11.3 Å². The van der Waals surface area contributed by atoms with E-state index in [1.807, 2.05) is 48.2 Å². The summed E-state index contributed by atoms with van der Waals surface area (Å²) in [5, 5.41) is 0.398. The average Bonchev–Trinajstić information content (AvgIpc) is 2.45. The Morgan fingerprint density at radius 1 is 1.24 bits per heavy atom. The van der Waals surface area contributed by atoms with Gasteiger partial charge in [0.15, 0.2) is 0 Å². The maximum atomic E-state index is 6.21. The third-order valence-corrected chi connectivity index (χ3v) is 3.86. The first-order valence-electron chi connectivity index (χ1n) is 6.76. The standard InChI is InChI=1S/C16H17ClN4/c1-10-5-6-13-14(7-10)21(16(19)15(17)20-13)9-11-3-2-4-12(18)8-11/h2-8,16H,9,18-19H2,1H3. The molecule has 0 bridgehead atoms. The van der Waals surface area contributed by atoms with Crippen molar-refractivity contribution in [3.63, 3.8) is 0 Å². The van der Waals surface area contributed by atoms with Gasteiger partial charge in [0.25, 0.3) is 0 Å². The molecular weight excluding hydrogens is 284 g/mol. The number of nitrogens with two attached hydrogens (primary N) is 2. The Bertz CT molecular complexity index is 711. The Morgan fingerprint density at radius 2 is 2.05 bits per heavy atom. The van der Waals surface area contributed by atoms with E-state index in [1.54, 1.807) is 0 Å². The number of anilines is 2. The van der Waals surface area contributed by atoms with Gasteiger partial charge in [-0.3, -0.25) is 0 Å². The zero-order valence-electron chi connectivity index (χ0n) is 11.8. The summed E-state index contributed by atoms with van der Waals surface area (Å²) >= 11 is 6.19. The van der Waals surface area contributed by atoms with Gasteiger partial charge in [-0.25, -0.2) is 4.99 Å². The van der Waals surface area contributed by atoms with Crippen LogP contribution in [0.1, 0.15) is 11.1 Å². The summed E-state index contributed by atoms with van der Waals surface area (Å²) in [6.45, 7) is 2.68. The molecule has 3 rings (SSSR count). The van der Waals surface area contributed by atoms with Gasteiger partial charge in [-0.2, -0.15) is 0 Å². The van der Waals surface area contributed by atoms with Crippen LogP contribution >= 0.6 is 11.6 Å². The van der Waals surface area contributed by atoms with E-state index >= 15 is 0 Å². The Hall–Kier alpha value is -2.04. The summed E-state index contributed by atoms with van der Waals surface area (Å²) < 4.78 is 0. The Morgan fingerprint density at radius 3 is 2.81 bits per heavy atom. The number of rotatable bonds is 2. The smallest absolute Gasteiger partial charge is 0.144 e. The van der Waals surface area contributed by atoms with Crippen LogP contribution in [-0.2, 0) is 6.54 Å². The second kappa shape index (κ2) is 5.39. The van der Waals surface area contributed by atoms with Crippen molar-refractivity contribution in [2.24, 2.45) is 10.7 Å². The largest absolute Gasteiger partial charge is 0.399 e. The number of aryl methyl sites for hydroxylation is 1. The minimum Gasteiger partial charge on any atom is -0.399 e. The van der Waals surface area contributed by atoms with Gasteiger partial charge in [-0.15, -0.1) is 0 Å². The number of aliphatic imine (C=N–C) groups is 1. The molecule has 21 heavy (non-hydrogen) atoms. The molecule has 4 N–H and O–H groups in total. The fraction of sp³-hybridized carbons (Fsp3) is 0.188. The normalized spacial score (nSPS) is 17.4. The van der Waals surface area contributed by atoms with Crippen LogP contribution < -0.4 is 16.4 Å². The van der Waals surface area contributed by atoms with Crippen LogP contribution in [0.2, 0.25) is 0 Å². The lowest BCUT2D eigenvalue weighted by molar-refractivity contribution is 0.733. The van der Waals surface area contributed by atoms with Gasteiger partial charge in [-0.05, 0) is 42.3 Å². The van der Waals surface area contributed by atoms with Crippen molar-refractivity contribution >= 4 is 33.8 Å². The summed E-state index contributed by atoms with van der Waals surface area (Å²) in [6, 6.07) is 13.8. The molecule has 5 heteroatoms. The van der Waals surface area contributed by atoms with Gasteiger partial charge in [0.05, 0.1) is 11.4 Å². The van der Waals surface area contributed by atoms with Gasteiger partial charge in [0, 0.05) is 12.2 Å². The molecule has 108 valence electrons. The number of hydrogen-bond donors (Lipinski definition) is 2. The molecule has 2 aromatic carbocycles. The van der Waals surface area contributed by atoms with Crippen LogP contribution in [0, 0.1) is 6.92 Å². The lowest BCUT2D eigenvalue weighted by Crippen LogP contribution is -2.47. The molecule has 1 unspecified atom stereocenters. The average molecular weight is 301 g/mol. The highest BCUT2D eigenvalue weighted by atomic mass is 35.5. The van der Waals surface area contributed by atoms with Crippen molar-refractivity contribution in [3.8, 4) is 0 Å². The maximum absolute atomic E-state index is 6.21. The molecule has 1 aliphatic rings. The van der Waals surface area contributed by atoms with Crippen LogP contribution in [0.15, 0.2) is 47.5 Å². The molecule has 0 aliphatic carbocycles. The first kappa shape index (κ1) is 13.9. The molecule has 0 radical (unpaired) electrons. The van der Waals surface area contributed by atoms with Gasteiger partial charge in [0.2, 0.25) is 0 Å². The lowest BCUT2D eigenvalue weighted by atomic mass is 10.1. The molecule has 1 atom stereocenters. The maximum Gasteiger partial charge on any atom is 0.144 e. The van der Waals surface area contributed by atoms with Crippen molar-refractivity contribution in [1.29, 1.82) is 0 Å². The van der Waals surface area contributed by atoms with Crippen molar-refractivity contribution in [1.82, 2.24) is 0 Å². The summed E-state index contributed by atoms with van der Waals surface area (Å²) in [5.74, 6) is 0. The quantitative estimate of drug-likeness (QED) is 0.837. The van der Waals surface area contributed by atoms with E-state index in [9.17, 15) is 0 Å². The first-order valence-corrected chi connectivity index (χ1v) is 7.14. The summed E-state index contributed by atoms with van der Waals surface area (Å²) in [5.41, 5.74) is 16.9. The Labute approximate surface area is 129 Å². The van der Waals surface area contributed by atoms with E-state index in [0.717, 1.165) is 28.2 Å². The van der Waals surface area contributed by atoms with Gasteiger partial charge < -0.3 is 16.4 Å². The molecule has 1 heterocycles. The van der Waals surface area contributed by atoms with Crippen molar-refractivity contribution in [2.75, 3.05) is 10.6 Å². The van der Waals surface area contributed by atoms with Crippen molar-refractivity contribution in [2.45, 2.75) is 19.6 Å². The van der Waals surface area contributed by atoms with Crippen molar-refractivity contribution < 1.29 is 0 Å². The molecule has 1 aliphatic heterocycles. The van der Waals surface area contributed by atoms with E-state index in [1.165, 1.54) is 0 Å². The van der Waals surface area contributed by atoms with E-state index in [-0.39, 0.29) is 0 Å². The highest BCUT2D eigenvalue weighted by Crippen LogP contribution is 2.36. The lowest BCUT2D eigenvalue weighted by Gasteiger charge is -2.34. The monoisotopic (exact) mass is 300 g/mol. The molecule has 4 nitrogen and oxygen atoms in total. The second-order valence-corrected chi connectivity index (χ2v) is 5.63. The summed E-state index contributed by atoms with van der Waals surface area (Å²) in [4.78, 5) is 6.42. The van der Waals surface area contributed by atoms with Gasteiger partial charge in [0.1, 0.15) is 11.3 Å². The Kier molecular flexibility index (Phi) is 3.57. The van der Waals surface area contributed by atoms with Crippen LogP contribution in [0.4, 0.5) is 17.1 Å². The molecular formula is C16H17ClN4. The van der Waals surface area contributed by atoms with Crippen LogP contribution in [0.5, 0.6) is 0 Å². The van der Waals surface area contributed by atoms with E-state index in [0.29, 0.717) is 11.7 Å². The molecule has 0 saturated carbocycles. The number of nitrogen functional groups attached to an aromatic ring is 1. The zero-order chi connectivity index (χ0) is 15.0. The molecule has 0 amide bonds. The molecule has 0 aromatic heterocycles. The van der Waals surface area contributed by atoms with Crippen LogP contribution in [0.25, 0.3) is 0 Å². The van der Waals surface area contributed by atoms with E-state index in [4.69, 9.17) is 23.1 Å². The predicted octanol–water partition coefficient (Wildman–Crippen LogP) is 3.15. The SMILES string of the molecule is Cc1ccc2c(c1)N(Cc1cccc(N)c1)C(N)C(Cl)=N2. The third-order valence-electron chi connectivity index (χ3n) is 3.55. The number of benzene rings is 2. The highest BCUT2D eigenvalue weighted by molar-refractivity contribution is 6.67. The fourth-order valence-corrected chi connectivity index (χ4v) is 2.70. The minimum absolute atomic E-state index is 0.398. The molecule has 2 aromatic rings. The van der Waals surface area contributed by atoms with E-state index in [2.05, 4.69) is 11.1 Å². The highest BCUT2D eigenvalue weighted by Gasteiger charge is 2.26. The zero-order valence-corrected chi connectivity index (χ0v) is 12.5. The number of hydrogen-bond acceptors (Lipinski definition) is 4. The summed E-state index contributed by atoms with van der Waals surface area (Å²) in [6.07, 6.45) is -0.442. The van der Waals surface area contributed by atoms with Gasteiger partial charge in [-0.1, -0.05) is 29.8 Å². The molecule has 0 fully saturated rings. The first-order chi connectivity index (χ1) is 10.0. The number of fused-ring (bicyclic) bond motifs is 1. The predicted molar refractivity (Wildman–Crippen MR) is 89.1 cm³/mol. The van der Waals surface area contributed by atoms with Gasteiger partial charge >= 0.3 is 0 Å².